The maximum Gasteiger partial charge on any atom is 0.314 e. The third kappa shape index (κ3) is 7.02. The van der Waals surface area contributed by atoms with Crippen LogP contribution in [0.15, 0.2) is 30.3 Å². The average molecular weight is 331 g/mol. The van der Waals surface area contributed by atoms with Crippen molar-refractivity contribution in [3.63, 3.8) is 0 Å². The second-order valence-electron chi connectivity index (χ2n) is 6.70. The van der Waals surface area contributed by atoms with E-state index in [1.807, 2.05) is 18.2 Å². The molecule has 24 heavy (non-hydrogen) atoms. The molecule has 0 unspecified atom stereocenters. The van der Waals surface area contributed by atoms with Crippen LogP contribution in [-0.2, 0) is 11.2 Å². The highest BCUT2D eigenvalue weighted by atomic mass is 16.2. The summed E-state index contributed by atoms with van der Waals surface area (Å²) < 4.78 is 0. The smallest absolute Gasteiger partial charge is 0.314 e. The summed E-state index contributed by atoms with van der Waals surface area (Å²) in [7, 11) is 0. The molecule has 1 aromatic carbocycles. The summed E-state index contributed by atoms with van der Waals surface area (Å²) in [5.41, 5.74) is 1.23. The molecule has 1 aliphatic carbocycles. The SMILES string of the molecule is CC(=O)NCC1CCC(CNC(=O)NCCc2ccccc2)CC1. The predicted molar refractivity (Wildman–Crippen MR) is 95.7 cm³/mol. The van der Waals surface area contributed by atoms with Crippen molar-refractivity contribution >= 4 is 11.9 Å². The first-order valence-corrected chi connectivity index (χ1v) is 8.93. The van der Waals surface area contributed by atoms with Crippen LogP contribution in [0.3, 0.4) is 0 Å². The molecule has 0 radical (unpaired) electrons. The fraction of sp³-hybridized carbons (Fsp3) is 0.579. The molecule has 0 heterocycles. The third-order valence-electron chi connectivity index (χ3n) is 4.70. The number of carbonyl (C=O) groups is 2. The minimum Gasteiger partial charge on any atom is -0.356 e. The molecular weight excluding hydrogens is 302 g/mol. The molecule has 1 saturated carbocycles. The molecule has 1 aromatic rings. The Balaban J connectivity index is 1.54. The quantitative estimate of drug-likeness (QED) is 0.718. The summed E-state index contributed by atoms with van der Waals surface area (Å²) in [6, 6.07) is 10.1. The fourth-order valence-electron chi connectivity index (χ4n) is 3.19. The van der Waals surface area contributed by atoms with Crippen molar-refractivity contribution in [2.24, 2.45) is 11.8 Å². The average Bonchev–Trinajstić information content (AvgIpc) is 2.60. The van der Waals surface area contributed by atoms with Gasteiger partial charge in [0.2, 0.25) is 5.91 Å². The lowest BCUT2D eigenvalue weighted by atomic mass is 9.82. The molecule has 0 bridgehead atoms. The van der Waals surface area contributed by atoms with Crippen LogP contribution in [0.2, 0.25) is 0 Å². The number of urea groups is 1. The number of benzene rings is 1. The summed E-state index contributed by atoms with van der Waals surface area (Å²) in [5.74, 6) is 1.19. The lowest BCUT2D eigenvalue weighted by molar-refractivity contribution is -0.119. The minimum absolute atomic E-state index is 0.0472. The molecule has 3 N–H and O–H groups in total. The van der Waals surface area contributed by atoms with Gasteiger partial charge in [0.05, 0.1) is 0 Å². The van der Waals surface area contributed by atoms with Crippen molar-refractivity contribution in [2.75, 3.05) is 19.6 Å². The Bertz CT molecular complexity index is 511. The van der Waals surface area contributed by atoms with Crippen LogP contribution in [0.1, 0.15) is 38.2 Å². The molecule has 5 nitrogen and oxygen atoms in total. The summed E-state index contributed by atoms with van der Waals surface area (Å²) >= 11 is 0. The van der Waals surface area contributed by atoms with Gasteiger partial charge in [0.15, 0.2) is 0 Å². The van der Waals surface area contributed by atoms with Crippen molar-refractivity contribution in [3.05, 3.63) is 35.9 Å². The Hall–Kier alpha value is -2.04. The zero-order valence-electron chi connectivity index (χ0n) is 14.5. The van der Waals surface area contributed by atoms with E-state index in [-0.39, 0.29) is 11.9 Å². The largest absolute Gasteiger partial charge is 0.356 e. The lowest BCUT2D eigenvalue weighted by Gasteiger charge is -2.28. The van der Waals surface area contributed by atoms with E-state index in [0.717, 1.165) is 45.2 Å². The van der Waals surface area contributed by atoms with Gasteiger partial charge in [-0.2, -0.15) is 0 Å². The van der Waals surface area contributed by atoms with Crippen molar-refractivity contribution < 1.29 is 9.59 Å². The van der Waals surface area contributed by atoms with Gasteiger partial charge in [-0.25, -0.2) is 4.79 Å². The Morgan fingerprint density at radius 2 is 1.50 bits per heavy atom. The van der Waals surface area contributed by atoms with Crippen LogP contribution in [0.25, 0.3) is 0 Å². The number of amides is 3. The molecule has 5 heteroatoms. The standard InChI is InChI=1S/C19H29N3O2/c1-15(23)21-13-17-7-9-18(10-8-17)14-22-19(24)20-12-11-16-5-3-2-4-6-16/h2-6,17-18H,7-14H2,1H3,(H,21,23)(H2,20,22,24). The van der Waals surface area contributed by atoms with Crippen LogP contribution < -0.4 is 16.0 Å². The third-order valence-corrected chi connectivity index (χ3v) is 4.70. The van der Waals surface area contributed by atoms with Gasteiger partial charge in [-0.05, 0) is 49.5 Å². The highest BCUT2D eigenvalue weighted by Gasteiger charge is 2.21. The molecule has 1 aliphatic rings. The molecule has 0 atom stereocenters. The maximum absolute atomic E-state index is 11.8. The Labute approximate surface area is 144 Å². The molecule has 0 aliphatic heterocycles. The molecule has 0 spiro atoms. The monoisotopic (exact) mass is 331 g/mol. The second kappa shape index (κ2) is 9.96. The molecule has 1 fully saturated rings. The van der Waals surface area contributed by atoms with E-state index >= 15 is 0 Å². The van der Waals surface area contributed by atoms with Crippen LogP contribution >= 0.6 is 0 Å². The topological polar surface area (TPSA) is 70.2 Å². The molecule has 3 amide bonds. The van der Waals surface area contributed by atoms with E-state index in [1.165, 1.54) is 5.56 Å². The van der Waals surface area contributed by atoms with Gasteiger partial charge in [0.25, 0.3) is 0 Å². The first kappa shape index (κ1) is 18.3. The van der Waals surface area contributed by atoms with Gasteiger partial charge < -0.3 is 16.0 Å². The normalized spacial score (nSPS) is 20.2. The van der Waals surface area contributed by atoms with E-state index in [2.05, 4.69) is 28.1 Å². The minimum atomic E-state index is -0.0775. The maximum atomic E-state index is 11.8. The zero-order valence-corrected chi connectivity index (χ0v) is 14.5. The number of nitrogens with one attached hydrogen (secondary N) is 3. The van der Waals surface area contributed by atoms with Gasteiger partial charge in [0, 0.05) is 26.6 Å². The van der Waals surface area contributed by atoms with Gasteiger partial charge >= 0.3 is 6.03 Å². The number of hydrogen-bond acceptors (Lipinski definition) is 2. The van der Waals surface area contributed by atoms with Crippen molar-refractivity contribution in [3.8, 4) is 0 Å². The van der Waals surface area contributed by atoms with Crippen molar-refractivity contribution in [1.29, 1.82) is 0 Å². The lowest BCUT2D eigenvalue weighted by Crippen LogP contribution is -2.40. The van der Waals surface area contributed by atoms with Gasteiger partial charge in [0.1, 0.15) is 0 Å². The van der Waals surface area contributed by atoms with Crippen LogP contribution in [-0.4, -0.2) is 31.6 Å². The Morgan fingerprint density at radius 3 is 2.08 bits per heavy atom. The van der Waals surface area contributed by atoms with Crippen molar-refractivity contribution in [1.82, 2.24) is 16.0 Å². The highest BCUT2D eigenvalue weighted by Crippen LogP contribution is 2.27. The van der Waals surface area contributed by atoms with E-state index < -0.39 is 0 Å². The Morgan fingerprint density at radius 1 is 0.917 bits per heavy atom. The van der Waals surface area contributed by atoms with E-state index in [0.29, 0.717) is 18.4 Å². The van der Waals surface area contributed by atoms with Crippen LogP contribution in [0, 0.1) is 11.8 Å². The van der Waals surface area contributed by atoms with Crippen molar-refractivity contribution in [2.45, 2.75) is 39.0 Å². The fourth-order valence-corrected chi connectivity index (χ4v) is 3.19. The second-order valence-corrected chi connectivity index (χ2v) is 6.70. The Kier molecular flexibility index (Phi) is 7.59. The van der Waals surface area contributed by atoms with Gasteiger partial charge in [-0.1, -0.05) is 30.3 Å². The van der Waals surface area contributed by atoms with E-state index in [4.69, 9.17) is 0 Å². The van der Waals surface area contributed by atoms with Crippen LogP contribution in [0.5, 0.6) is 0 Å². The highest BCUT2D eigenvalue weighted by molar-refractivity contribution is 5.73. The molecular formula is C19H29N3O2. The summed E-state index contributed by atoms with van der Waals surface area (Å²) in [4.78, 5) is 22.8. The van der Waals surface area contributed by atoms with Gasteiger partial charge in [-0.3, -0.25) is 4.79 Å². The molecule has 0 aromatic heterocycles. The van der Waals surface area contributed by atoms with Crippen LogP contribution in [0.4, 0.5) is 4.79 Å². The van der Waals surface area contributed by atoms with Gasteiger partial charge in [-0.15, -0.1) is 0 Å². The molecule has 2 rings (SSSR count). The first-order valence-electron chi connectivity index (χ1n) is 8.93. The number of carbonyl (C=O) groups excluding carboxylic acids is 2. The zero-order chi connectivity index (χ0) is 17.2. The van der Waals surface area contributed by atoms with E-state index in [1.54, 1.807) is 6.92 Å². The molecule has 132 valence electrons. The summed E-state index contributed by atoms with van der Waals surface area (Å²) in [6.07, 6.45) is 5.34. The summed E-state index contributed by atoms with van der Waals surface area (Å²) in [5, 5.41) is 8.80. The first-order chi connectivity index (χ1) is 11.6. The van der Waals surface area contributed by atoms with E-state index in [9.17, 15) is 9.59 Å². The number of rotatable bonds is 7. The predicted octanol–water partition coefficient (Wildman–Crippen LogP) is 2.47. The summed E-state index contributed by atoms with van der Waals surface area (Å²) in [6.45, 7) is 3.74. The number of hydrogen-bond donors (Lipinski definition) is 3. The molecule has 0 saturated heterocycles.